The maximum absolute atomic E-state index is 4.41. The Morgan fingerprint density at radius 2 is 2.50 bits per heavy atom. The number of alkyl halides is 1. The fraction of sp³-hybridized carbons (Fsp3) is 0.333. The molecule has 5 heteroatoms. The summed E-state index contributed by atoms with van der Waals surface area (Å²) in [5.74, 6) is 0.868. The molecule has 0 fully saturated rings. The first-order chi connectivity index (χ1) is 6.88. The first-order valence-electron chi connectivity index (χ1n) is 4.33. The maximum Gasteiger partial charge on any atom is 0.162 e. The lowest BCUT2D eigenvalue weighted by Gasteiger charge is -2.04. The van der Waals surface area contributed by atoms with Crippen LogP contribution in [-0.4, -0.2) is 26.4 Å². The van der Waals surface area contributed by atoms with E-state index in [1.54, 1.807) is 18.0 Å². The van der Waals surface area contributed by atoms with Gasteiger partial charge in [0.05, 0.1) is 6.54 Å². The van der Waals surface area contributed by atoms with Crippen LogP contribution in [0.25, 0.3) is 0 Å². The van der Waals surface area contributed by atoms with Gasteiger partial charge in [-0.15, -0.1) is 0 Å². The van der Waals surface area contributed by atoms with Crippen molar-refractivity contribution in [1.82, 2.24) is 4.98 Å². The normalized spacial score (nSPS) is 20.6. The van der Waals surface area contributed by atoms with Gasteiger partial charge in [0.1, 0.15) is 5.82 Å². The van der Waals surface area contributed by atoms with Crippen LogP contribution in [0, 0.1) is 0 Å². The second-order valence-corrected chi connectivity index (χ2v) is 5.05. The molecule has 3 nitrogen and oxygen atoms in total. The highest BCUT2D eigenvalue weighted by Crippen LogP contribution is 2.23. The minimum atomic E-state index is 0.627. The van der Waals surface area contributed by atoms with Crippen molar-refractivity contribution < 1.29 is 0 Å². The van der Waals surface area contributed by atoms with Crippen LogP contribution in [0.1, 0.15) is 0 Å². The number of nitrogens with one attached hydrogen (secondary N) is 1. The Morgan fingerprint density at radius 3 is 3.14 bits per heavy atom. The van der Waals surface area contributed by atoms with Gasteiger partial charge in [-0.3, -0.25) is 4.99 Å². The van der Waals surface area contributed by atoms with Crippen molar-refractivity contribution in [2.24, 2.45) is 4.99 Å². The molecule has 1 aliphatic rings. The number of anilines is 1. The van der Waals surface area contributed by atoms with E-state index < -0.39 is 0 Å². The highest BCUT2D eigenvalue weighted by atomic mass is 127. The summed E-state index contributed by atoms with van der Waals surface area (Å²) in [6.45, 7) is 0.919. The molecule has 1 aliphatic heterocycles. The Kier molecular flexibility index (Phi) is 3.63. The van der Waals surface area contributed by atoms with Crippen LogP contribution in [0.2, 0.25) is 0 Å². The minimum Gasteiger partial charge on any atom is -0.320 e. The number of pyridine rings is 1. The molecule has 0 saturated carbocycles. The third-order valence-corrected chi connectivity index (χ3v) is 4.55. The quantitative estimate of drug-likeness (QED) is 0.672. The van der Waals surface area contributed by atoms with E-state index in [-0.39, 0.29) is 0 Å². The molecule has 1 aromatic heterocycles. The van der Waals surface area contributed by atoms with Gasteiger partial charge in [0, 0.05) is 15.9 Å². The lowest BCUT2D eigenvalue weighted by Crippen LogP contribution is -2.08. The predicted octanol–water partition coefficient (Wildman–Crippen LogP) is 2.40. The number of aromatic nitrogens is 1. The van der Waals surface area contributed by atoms with E-state index >= 15 is 0 Å². The summed E-state index contributed by atoms with van der Waals surface area (Å²) in [5, 5.41) is 4.82. The zero-order valence-corrected chi connectivity index (χ0v) is 10.5. The van der Waals surface area contributed by atoms with Gasteiger partial charge < -0.3 is 5.32 Å². The molecule has 0 unspecified atom stereocenters. The molecule has 2 heterocycles. The first-order valence-corrected chi connectivity index (χ1v) is 6.74. The summed E-state index contributed by atoms with van der Waals surface area (Å²) >= 11 is 4.19. The van der Waals surface area contributed by atoms with Crippen molar-refractivity contribution in [3.05, 3.63) is 24.4 Å². The third kappa shape index (κ3) is 2.60. The van der Waals surface area contributed by atoms with Gasteiger partial charge in [0.25, 0.3) is 0 Å². The fourth-order valence-corrected chi connectivity index (χ4v) is 2.77. The van der Waals surface area contributed by atoms with Crippen LogP contribution < -0.4 is 5.32 Å². The second kappa shape index (κ2) is 4.97. The molecule has 1 atom stereocenters. The van der Waals surface area contributed by atoms with Crippen LogP contribution in [0.5, 0.6) is 0 Å². The molecule has 0 saturated heterocycles. The molecule has 0 aliphatic carbocycles. The monoisotopic (exact) mass is 319 g/mol. The maximum atomic E-state index is 4.41. The average Bonchev–Trinajstić information content (AvgIpc) is 2.67. The van der Waals surface area contributed by atoms with Crippen molar-refractivity contribution in [2.75, 3.05) is 16.3 Å². The minimum absolute atomic E-state index is 0.627. The van der Waals surface area contributed by atoms with E-state index in [2.05, 4.69) is 37.9 Å². The SMILES string of the molecule is IC[C@H]1CN=C(Nc2ccccn2)S1. The van der Waals surface area contributed by atoms with Crippen LogP contribution in [0.15, 0.2) is 29.4 Å². The van der Waals surface area contributed by atoms with Gasteiger partial charge in [0.15, 0.2) is 5.17 Å². The van der Waals surface area contributed by atoms with Gasteiger partial charge in [-0.25, -0.2) is 4.98 Å². The van der Waals surface area contributed by atoms with E-state index in [4.69, 9.17) is 0 Å². The van der Waals surface area contributed by atoms with Crippen LogP contribution in [0.3, 0.4) is 0 Å². The van der Waals surface area contributed by atoms with Gasteiger partial charge >= 0.3 is 0 Å². The van der Waals surface area contributed by atoms with Crippen molar-refractivity contribution in [3.8, 4) is 0 Å². The second-order valence-electron chi connectivity index (χ2n) is 2.88. The average molecular weight is 319 g/mol. The molecule has 0 aromatic carbocycles. The Bertz CT molecular complexity index is 328. The number of nitrogens with zero attached hydrogens (tertiary/aromatic N) is 2. The number of hydrogen-bond donors (Lipinski definition) is 1. The number of rotatable bonds is 2. The van der Waals surface area contributed by atoms with Crippen molar-refractivity contribution in [2.45, 2.75) is 5.25 Å². The number of aliphatic imine (C=N–C) groups is 1. The molecular formula is C9H10IN3S. The summed E-state index contributed by atoms with van der Waals surface area (Å²) < 4.78 is 1.14. The van der Waals surface area contributed by atoms with Crippen LogP contribution >= 0.6 is 34.4 Å². The summed E-state index contributed by atoms with van der Waals surface area (Å²) in [7, 11) is 0. The zero-order chi connectivity index (χ0) is 9.80. The van der Waals surface area contributed by atoms with Crippen molar-refractivity contribution in [1.29, 1.82) is 0 Å². The Balaban J connectivity index is 1.94. The van der Waals surface area contributed by atoms with Gasteiger partial charge in [-0.1, -0.05) is 40.4 Å². The van der Waals surface area contributed by atoms with E-state index in [9.17, 15) is 0 Å². The Morgan fingerprint density at radius 1 is 1.57 bits per heavy atom. The highest BCUT2D eigenvalue weighted by molar-refractivity contribution is 14.1. The first kappa shape index (κ1) is 10.2. The molecule has 1 aromatic rings. The number of amidine groups is 1. The van der Waals surface area contributed by atoms with Gasteiger partial charge in [-0.2, -0.15) is 0 Å². The lowest BCUT2D eigenvalue weighted by atomic mass is 10.5. The van der Waals surface area contributed by atoms with Crippen LogP contribution in [0.4, 0.5) is 5.82 Å². The molecule has 0 spiro atoms. The number of thioether (sulfide) groups is 1. The zero-order valence-electron chi connectivity index (χ0n) is 7.48. The Labute approximate surface area is 101 Å². The van der Waals surface area contributed by atoms with E-state index in [1.165, 1.54) is 0 Å². The van der Waals surface area contributed by atoms with E-state index in [1.807, 2.05) is 18.2 Å². The van der Waals surface area contributed by atoms with Gasteiger partial charge in [0.2, 0.25) is 0 Å². The lowest BCUT2D eigenvalue weighted by molar-refractivity contribution is 0.999. The number of halogens is 1. The van der Waals surface area contributed by atoms with Crippen LogP contribution in [-0.2, 0) is 0 Å². The van der Waals surface area contributed by atoms with Gasteiger partial charge in [-0.05, 0) is 12.1 Å². The topological polar surface area (TPSA) is 37.3 Å². The summed E-state index contributed by atoms with van der Waals surface area (Å²) in [4.78, 5) is 8.59. The van der Waals surface area contributed by atoms with E-state index in [0.717, 1.165) is 22.0 Å². The van der Waals surface area contributed by atoms with Crippen molar-refractivity contribution in [3.63, 3.8) is 0 Å². The molecule has 0 radical (unpaired) electrons. The van der Waals surface area contributed by atoms with Crippen molar-refractivity contribution >= 4 is 45.3 Å². The number of hydrogen-bond acceptors (Lipinski definition) is 4. The summed E-state index contributed by atoms with van der Waals surface area (Å²) in [6.07, 6.45) is 1.78. The van der Waals surface area contributed by atoms with E-state index in [0.29, 0.717) is 5.25 Å². The molecule has 14 heavy (non-hydrogen) atoms. The molecule has 0 bridgehead atoms. The molecule has 0 amide bonds. The summed E-state index contributed by atoms with van der Waals surface area (Å²) in [6, 6.07) is 5.81. The largest absolute Gasteiger partial charge is 0.320 e. The standard InChI is InChI=1S/C9H10IN3S/c10-5-7-6-12-9(14-7)13-8-3-1-2-4-11-8/h1-4,7H,5-6H2,(H,11,12,13)/t7-/m0/s1. The summed E-state index contributed by atoms with van der Waals surface area (Å²) in [5.41, 5.74) is 0. The fourth-order valence-electron chi connectivity index (χ4n) is 1.11. The highest BCUT2D eigenvalue weighted by Gasteiger charge is 2.18. The third-order valence-electron chi connectivity index (χ3n) is 1.79. The predicted molar refractivity (Wildman–Crippen MR) is 70.4 cm³/mol. The molecule has 2 rings (SSSR count). The Hall–Kier alpha value is -0.300. The molecule has 74 valence electrons. The molecule has 1 N–H and O–H groups in total. The molecular weight excluding hydrogens is 309 g/mol. The smallest absolute Gasteiger partial charge is 0.162 e.